The van der Waals surface area contributed by atoms with Crippen molar-refractivity contribution in [2.75, 3.05) is 0 Å². The lowest BCUT2D eigenvalue weighted by Gasteiger charge is -2.23. The first-order valence-corrected chi connectivity index (χ1v) is 10.4. The summed E-state index contributed by atoms with van der Waals surface area (Å²) < 4.78 is 82.0. The zero-order chi connectivity index (χ0) is 22.8. The van der Waals surface area contributed by atoms with Crippen molar-refractivity contribution in [1.82, 2.24) is 9.29 Å². The summed E-state index contributed by atoms with van der Waals surface area (Å²) in [6.07, 6.45) is 2.83. The molecule has 10 heteroatoms. The molecule has 0 aliphatic rings. The van der Waals surface area contributed by atoms with Gasteiger partial charge in [0.2, 0.25) is 10.0 Å². The van der Waals surface area contributed by atoms with Crippen LogP contribution in [0.5, 0.6) is 0 Å². The van der Waals surface area contributed by atoms with E-state index in [2.05, 4.69) is 4.98 Å². The van der Waals surface area contributed by atoms with Gasteiger partial charge in [-0.3, -0.25) is 9.78 Å². The molecule has 0 atom stereocenters. The first-order valence-electron chi connectivity index (χ1n) is 8.93. The van der Waals surface area contributed by atoms with E-state index in [9.17, 15) is 30.8 Å². The Morgan fingerprint density at radius 2 is 1.42 bits per heavy atom. The minimum absolute atomic E-state index is 0.113. The van der Waals surface area contributed by atoms with Crippen LogP contribution in [0.1, 0.15) is 28.4 Å². The zero-order valence-corrected chi connectivity index (χ0v) is 17.0. The summed E-state index contributed by atoms with van der Waals surface area (Å²) in [5.74, 6) is -8.34. The number of benzene rings is 2. The maximum absolute atomic E-state index is 14.3. The van der Waals surface area contributed by atoms with Crippen LogP contribution in [0.4, 0.5) is 17.6 Å². The predicted molar refractivity (Wildman–Crippen MR) is 103 cm³/mol. The Hall–Kier alpha value is -3.11. The highest BCUT2D eigenvalue weighted by Crippen LogP contribution is 2.27. The van der Waals surface area contributed by atoms with Gasteiger partial charge >= 0.3 is 0 Å². The van der Waals surface area contributed by atoms with Crippen LogP contribution in [-0.2, 0) is 23.1 Å². The highest BCUT2D eigenvalue weighted by atomic mass is 32.2. The average Bonchev–Trinajstić information content (AvgIpc) is 2.75. The van der Waals surface area contributed by atoms with Gasteiger partial charge in [-0.15, -0.1) is 0 Å². The molecule has 0 bridgehead atoms. The molecule has 162 valence electrons. The summed E-state index contributed by atoms with van der Waals surface area (Å²) in [5.41, 5.74) is 1.31. The van der Waals surface area contributed by atoms with Crippen molar-refractivity contribution in [3.8, 4) is 0 Å². The van der Waals surface area contributed by atoms with Crippen molar-refractivity contribution in [2.24, 2.45) is 0 Å². The number of carbonyl (C=O) groups is 1. The van der Waals surface area contributed by atoms with E-state index in [0.717, 1.165) is 4.31 Å². The SMILES string of the molecule is CC(=O)c1ccc(CN(Cc2ccncc2)S(=O)(=O)c2cc(F)c(F)c(F)c2F)cc1. The molecule has 1 aromatic heterocycles. The molecule has 5 nitrogen and oxygen atoms in total. The lowest BCUT2D eigenvalue weighted by molar-refractivity contribution is 0.101. The van der Waals surface area contributed by atoms with Crippen LogP contribution < -0.4 is 0 Å². The van der Waals surface area contributed by atoms with E-state index < -0.39 is 38.2 Å². The largest absolute Gasteiger partial charge is 0.295 e. The van der Waals surface area contributed by atoms with E-state index >= 15 is 0 Å². The van der Waals surface area contributed by atoms with Crippen LogP contribution in [0.3, 0.4) is 0 Å². The number of rotatable bonds is 7. The summed E-state index contributed by atoms with van der Waals surface area (Å²) in [7, 11) is -4.79. The molecule has 0 unspecified atom stereocenters. The fraction of sp³-hybridized carbons (Fsp3) is 0.143. The van der Waals surface area contributed by atoms with Crippen LogP contribution >= 0.6 is 0 Å². The Morgan fingerprint density at radius 3 is 1.97 bits per heavy atom. The maximum atomic E-state index is 14.3. The van der Waals surface area contributed by atoms with Crippen molar-refractivity contribution in [3.63, 3.8) is 0 Å². The molecule has 0 saturated heterocycles. The molecule has 1 heterocycles. The van der Waals surface area contributed by atoms with Gasteiger partial charge in [-0.1, -0.05) is 24.3 Å². The Balaban J connectivity index is 2.06. The number of pyridine rings is 1. The standard InChI is InChI=1S/C21H16F4N2O3S/c1-13(28)16-4-2-14(3-5-16)11-27(12-15-6-8-26-9-7-15)31(29,30)18-10-17(22)19(23)21(25)20(18)24/h2-10H,11-12H2,1H3. The van der Waals surface area contributed by atoms with Gasteiger partial charge in [-0.25, -0.2) is 26.0 Å². The van der Waals surface area contributed by atoms with Crippen LogP contribution in [0.25, 0.3) is 0 Å². The lowest BCUT2D eigenvalue weighted by Crippen LogP contribution is -2.31. The van der Waals surface area contributed by atoms with Gasteiger partial charge in [0.25, 0.3) is 0 Å². The minimum Gasteiger partial charge on any atom is -0.295 e. The van der Waals surface area contributed by atoms with Crippen LogP contribution in [0.15, 0.2) is 59.8 Å². The fourth-order valence-electron chi connectivity index (χ4n) is 2.84. The molecule has 0 radical (unpaired) electrons. The normalized spacial score (nSPS) is 11.7. The van der Waals surface area contributed by atoms with Crippen LogP contribution in [-0.4, -0.2) is 23.5 Å². The summed E-state index contributed by atoms with van der Waals surface area (Å²) in [6.45, 7) is 0.790. The van der Waals surface area contributed by atoms with Crippen molar-refractivity contribution < 1.29 is 30.8 Å². The monoisotopic (exact) mass is 452 g/mol. The molecule has 0 aliphatic heterocycles. The molecule has 0 spiro atoms. The van der Waals surface area contributed by atoms with Gasteiger partial charge < -0.3 is 0 Å². The van der Waals surface area contributed by atoms with Gasteiger partial charge in [0, 0.05) is 37.1 Å². The molecule has 3 aromatic rings. The Bertz CT molecular complexity index is 1220. The zero-order valence-electron chi connectivity index (χ0n) is 16.1. The topological polar surface area (TPSA) is 67.3 Å². The number of sulfonamides is 1. The van der Waals surface area contributed by atoms with E-state index in [0.29, 0.717) is 16.7 Å². The van der Waals surface area contributed by atoms with Gasteiger partial charge in [-0.05, 0) is 30.2 Å². The Labute approximate surface area is 176 Å². The summed E-state index contributed by atoms with van der Waals surface area (Å²) >= 11 is 0. The smallest absolute Gasteiger partial charge is 0.246 e. The highest BCUT2D eigenvalue weighted by molar-refractivity contribution is 7.89. The third-order valence-corrected chi connectivity index (χ3v) is 6.31. The lowest BCUT2D eigenvalue weighted by atomic mass is 10.1. The molecule has 3 rings (SSSR count). The van der Waals surface area contributed by atoms with Crippen molar-refractivity contribution in [2.45, 2.75) is 24.9 Å². The van der Waals surface area contributed by atoms with E-state index in [1.165, 1.54) is 55.7 Å². The van der Waals surface area contributed by atoms with E-state index in [4.69, 9.17) is 0 Å². The first-order chi connectivity index (χ1) is 14.6. The number of hydrogen-bond donors (Lipinski definition) is 0. The molecule has 0 fully saturated rings. The van der Waals surface area contributed by atoms with Gasteiger partial charge in [0.15, 0.2) is 29.1 Å². The third kappa shape index (κ3) is 4.80. The minimum atomic E-state index is -4.79. The van der Waals surface area contributed by atoms with Crippen LogP contribution in [0.2, 0.25) is 0 Å². The summed E-state index contributed by atoms with van der Waals surface area (Å²) in [5, 5.41) is 0. The molecule has 2 aromatic carbocycles. The Morgan fingerprint density at radius 1 is 0.871 bits per heavy atom. The molecule has 0 N–H and O–H groups in total. The number of hydrogen-bond acceptors (Lipinski definition) is 4. The third-order valence-electron chi connectivity index (χ3n) is 4.51. The van der Waals surface area contributed by atoms with E-state index in [1.54, 1.807) is 0 Å². The highest BCUT2D eigenvalue weighted by Gasteiger charge is 2.32. The van der Waals surface area contributed by atoms with Crippen molar-refractivity contribution >= 4 is 15.8 Å². The molecular formula is C21H16F4N2O3S. The van der Waals surface area contributed by atoms with Crippen molar-refractivity contribution in [3.05, 3.63) is 94.8 Å². The average molecular weight is 452 g/mol. The van der Waals surface area contributed by atoms with Crippen LogP contribution in [0, 0.1) is 23.3 Å². The fourth-order valence-corrected chi connectivity index (χ4v) is 4.33. The maximum Gasteiger partial charge on any atom is 0.246 e. The van der Waals surface area contributed by atoms with E-state index in [-0.39, 0.29) is 24.9 Å². The van der Waals surface area contributed by atoms with Gasteiger partial charge in [-0.2, -0.15) is 4.31 Å². The van der Waals surface area contributed by atoms with Gasteiger partial charge in [0.1, 0.15) is 4.90 Å². The summed E-state index contributed by atoms with van der Waals surface area (Å²) in [6, 6.07) is 9.15. The quantitative estimate of drug-likeness (QED) is 0.233. The number of aromatic nitrogens is 1. The van der Waals surface area contributed by atoms with Gasteiger partial charge in [0.05, 0.1) is 0 Å². The molecular weight excluding hydrogens is 436 g/mol. The summed E-state index contributed by atoms with van der Waals surface area (Å²) in [4.78, 5) is 13.9. The second-order valence-corrected chi connectivity index (χ2v) is 8.59. The Kier molecular flexibility index (Phi) is 6.51. The number of carbonyl (C=O) groups excluding carboxylic acids is 1. The number of halogens is 4. The van der Waals surface area contributed by atoms with E-state index in [1.807, 2.05) is 0 Å². The second kappa shape index (κ2) is 8.94. The predicted octanol–water partition coefficient (Wildman–Crippen LogP) is 4.23. The number of ketones is 1. The molecule has 31 heavy (non-hydrogen) atoms. The number of Topliss-reactive ketones (excluding diaryl/α,β-unsaturated/α-hetero) is 1. The first kappa shape index (κ1) is 22.6. The van der Waals surface area contributed by atoms with Crippen molar-refractivity contribution in [1.29, 1.82) is 0 Å². The molecule has 0 saturated carbocycles. The molecule has 0 aliphatic carbocycles. The number of nitrogens with zero attached hydrogens (tertiary/aromatic N) is 2. The second-order valence-electron chi connectivity index (χ2n) is 6.68. The molecule has 0 amide bonds.